The molecule has 1 rings (SSSR count). The van der Waals surface area contributed by atoms with E-state index in [1.165, 1.54) is 0 Å². The number of aliphatic carboxylic acids is 1. The second-order valence-electron chi connectivity index (χ2n) is 3.77. The van der Waals surface area contributed by atoms with Crippen LogP contribution in [0.25, 0.3) is 0 Å². The highest BCUT2D eigenvalue weighted by Gasteiger charge is 2.37. The number of nitrogens with two attached hydrogens (primary N) is 1. The van der Waals surface area contributed by atoms with Crippen molar-refractivity contribution in [2.75, 3.05) is 6.54 Å². The molecule has 1 aliphatic carbocycles. The molecule has 7 nitrogen and oxygen atoms in total. The molecule has 0 aromatic carbocycles. The maximum atomic E-state index is 11.2. The normalized spacial score (nSPS) is 16.2. The van der Waals surface area contributed by atoms with Crippen LogP contribution < -0.4 is 16.4 Å². The van der Waals surface area contributed by atoms with Crippen molar-refractivity contribution in [1.82, 2.24) is 10.6 Å². The summed E-state index contributed by atoms with van der Waals surface area (Å²) in [6, 6.07) is -1.42. The first-order chi connectivity index (χ1) is 7.50. The van der Waals surface area contributed by atoms with Crippen LogP contribution in [0.15, 0.2) is 0 Å². The van der Waals surface area contributed by atoms with Crippen LogP contribution in [0.2, 0.25) is 0 Å². The van der Waals surface area contributed by atoms with Crippen LogP contribution in [0.5, 0.6) is 0 Å². The summed E-state index contributed by atoms with van der Waals surface area (Å²) in [7, 11) is 0. The van der Waals surface area contributed by atoms with Gasteiger partial charge in [-0.1, -0.05) is 0 Å². The van der Waals surface area contributed by atoms with Crippen molar-refractivity contribution in [1.29, 1.82) is 0 Å². The Bertz CT molecular complexity index is 301. The molecule has 0 aromatic rings. The molecule has 1 atom stereocenters. The van der Waals surface area contributed by atoms with Gasteiger partial charge in [0.25, 0.3) is 0 Å². The van der Waals surface area contributed by atoms with Gasteiger partial charge in [0.15, 0.2) is 0 Å². The van der Waals surface area contributed by atoms with Crippen molar-refractivity contribution < 1.29 is 19.5 Å². The number of nitrogens with one attached hydrogen (secondary N) is 2. The Morgan fingerprint density at radius 2 is 2.00 bits per heavy atom. The van der Waals surface area contributed by atoms with E-state index in [4.69, 9.17) is 10.8 Å². The van der Waals surface area contributed by atoms with Crippen LogP contribution in [0.1, 0.15) is 19.3 Å². The van der Waals surface area contributed by atoms with E-state index >= 15 is 0 Å². The minimum atomic E-state index is -1.03. The molecule has 0 bridgehead atoms. The molecule has 0 aliphatic heterocycles. The van der Waals surface area contributed by atoms with Crippen LogP contribution in [-0.4, -0.2) is 35.6 Å². The number of carboxylic acid groups (broad SMARTS) is 1. The smallest absolute Gasteiger partial charge is 0.326 e. The zero-order valence-corrected chi connectivity index (χ0v) is 8.73. The molecule has 7 heteroatoms. The summed E-state index contributed by atoms with van der Waals surface area (Å²) in [4.78, 5) is 32.4. The molecule has 3 amide bonds. The second kappa shape index (κ2) is 5.34. The summed E-state index contributed by atoms with van der Waals surface area (Å²) in [5.41, 5.74) is 4.88. The van der Waals surface area contributed by atoms with Crippen molar-refractivity contribution in [3.05, 3.63) is 0 Å². The molecular formula is C9H15N3O4. The van der Waals surface area contributed by atoms with Gasteiger partial charge in [-0.25, -0.2) is 9.59 Å². The van der Waals surface area contributed by atoms with Gasteiger partial charge in [0.05, 0.1) is 0 Å². The zero-order valence-electron chi connectivity index (χ0n) is 8.73. The van der Waals surface area contributed by atoms with E-state index in [0.717, 1.165) is 12.8 Å². The fourth-order valence-electron chi connectivity index (χ4n) is 1.30. The van der Waals surface area contributed by atoms with Crippen molar-refractivity contribution in [3.8, 4) is 0 Å². The highest BCUT2D eigenvalue weighted by Crippen LogP contribution is 2.32. The van der Waals surface area contributed by atoms with Crippen molar-refractivity contribution in [3.63, 3.8) is 0 Å². The van der Waals surface area contributed by atoms with E-state index < -0.39 is 23.9 Å². The van der Waals surface area contributed by atoms with Crippen molar-refractivity contribution in [2.45, 2.75) is 25.3 Å². The van der Waals surface area contributed by atoms with Gasteiger partial charge in [-0.3, -0.25) is 4.79 Å². The summed E-state index contributed by atoms with van der Waals surface area (Å²) >= 11 is 0. The Labute approximate surface area is 92.4 Å². The lowest BCUT2D eigenvalue weighted by atomic mass is 10.2. The SMILES string of the molecule is NC(=O)CCNC(=O)NC(C(=O)O)C1CC1. The zero-order chi connectivity index (χ0) is 12.1. The Morgan fingerprint density at radius 3 is 2.44 bits per heavy atom. The first kappa shape index (κ1) is 12.3. The van der Waals surface area contributed by atoms with Crippen molar-refractivity contribution in [2.24, 2.45) is 11.7 Å². The van der Waals surface area contributed by atoms with Crippen molar-refractivity contribution >= 4 is 17.9 Å². The van der Waals surface area contributed by atoms with E-state index in [1.54, 1.807) is 0 Å². The molecule has 1 fully saturated rings. The van der Waals surface area contributed by atoms with E-state index in [1.807, 2.05) is 0 Å². The lowest BCUT2D eigenvalue weighted by Crippen LogP contribution is -2.47. The summed E-state index contributed by atoms with van der Waals surface area (Å²) in [5, 5.41) is 13.5. The van der Waals surface area contributed by atoms with E-state index in [0.29, 0.717) is 0 Å². The van der Waals surface area contributed by atoms with Gasteiger partial charge in [0.2, 0.25) is 5.91 Å². The van der Waals surface area contributed by atoms with E-state index in [-0.39, 0.29) is 18.9 Å². The number of amides is 3. The third-order valence-corrected chi connectivity index (χ3v) is 2.30. The molecule has 5 N–H and O–H groups in total. The summed E-state index contributed by atoms with van der Waals surface area (Å²) in [5.74, 6) is -1.52. The van der Waals surface area contributed by atoms with Crippen LogP contribution >= 0.6 is 0 Å². The van der Waals surface area contributed by atoms with Gasteiger partial charge in [-0.2, -0.15) is 0 Å². The number of hydrogen-bond acceptors (Lipinski definition) is 3. The first-order valence-electron chi connectivity index (χ1n) is 5.06. The molecule has 90 valence electrons. The van der Waals surface area contributed by atoms with Gasteiger partial charge >= 0.3 is 12.0 Å². The van der Waals surface area contributed by atoms with Gasteiger partial charge < -0.3 is 21.5 Å². The monoisotopic (exact) mass is 229 g/mol. The van der Waals surface area contributed by atoms with Crippen LogP contribution in [0, 0.1) is 5.92 Å². The molecule has 0 heterocycles. The van der Waals surface area contributed by atoms with Crippen LogP contribution in [0.4, 0.5) is 4.79 Å². The lowest BCUT2D eigenvalue weighted by Gasteiger charge is -2.13. The van der Waals surface area contributed by atoms with Gasteiger partial charge in [-0.05, 0) is 18.8 Å². The quantitative estimate of drug-likeness (QED) is 0.467. The molecular weight excluding hydrogens is 214 g/mol. The largest absolute Gasteiger partial charge is 0.480 e. The van der Waals surface area contributed by atoms with Gasteiger partial charge in [-0.15, -0.1) is 0 Å². The van der Waals surface area contributed by atoms with E-state index in [2.05, 4.69) is 10.6 Å². The Kier molecular flexibility index (Phi) is 4.10. The fraction of sp³-hybridized carbons (Fsp3) is 0.667. The van der Waals surface area contributed by atoms with Crippen LogP contribution in [-0.2, 0) is 9.59 Å². The number of carbonyl (C=O) groups excluding carboxylic acids is 2. The van der Waals surface area contributed by atoms with E-state index in [9.17, 15) is 14.4 Å². The Morgan fingerprint density at radius 1 is 1.38 bits per heavy atom. The third kappa shape index (κ3) is 4.16. The average Bonchev–Trinajstić information content (AvgIpc) is 2.96. The topological polar surface area (TPSA) is 122 Å². The fourth-order valence-corrected chi connectivity index (χ4v) is 1.30. The number of carboxylic acids is 1. The first-order valence-corrected chi connectivity index (χ1v) is 5.06. The second-order valence-corrected chi connectivity index (χ2v) is 3.77. The summed E-state index contributed by atoms with van der Waals surface area (Å²) < 4.78 is 0. The minimum Gasteiger partial charge on any atom is -0.480 e. The molecule has 16 heavy (non-hydrogen) atoms. The maximum absolute atomic E-state index is 11.2. The third-order valence-electron chi connectivity index (χ3n) is 2.30. The molecule has 1 saturated carbocycles. The Balaban J connectivity index is 2.26. The highest BCUT2D eigenvalue weighted by molar-refractivity contribution is 5.83. The summed E-state index contributed by atoms with van der Waals surface area (Å²) in [6.07, 6.45) is 1.67. The highest BCUT2D eigenvalue weighted by atomic mass is 16.4. The number of urea groups is 1. The van der Waals surface area contributed by atoms with Crippen LogP contribution in [0.3, 0.4) is 0 Å². The standard InChI is InChI=1S/C9H15N3O4/c10-6(13)3-4-11-9(16)12-7(8(14)15)5-1-2-5/h5,7H,1-4H2,(H2,10,13)(H,14,15)(H2,11,12,16). The molecule has 0 spiro atoms. The molecule has 0 saturated heterocycles. The lowest BCUT2D eigenvalue weighted by molar-refractivity contribution is -0.139. The minimum absolute atomic E-state index is 0.0272. The predicted molar refractivity (Wildman–Crippen MR) is 54.5 cm³/mol. The Hall–Kier alpha value is -1.79. The number of rotatable bonds is 6. The average molecular weight is 229 g/mol. The molecule has 1 aliphatic rings. The van der Waals surface area contributed by atoms with Gasteiger partial charge in [0, 0.05) is 13.0 Å². The number of hydrogen-bond donors (Lipinski definition) is 4. The molecule has 1 unspecified atom stereocenters. The number of primary amides is 1. The maximum Gasteiger partial charge on any atom is 0.326 e. The molecule has 0 aromatic heterocycles. The molecule has 0 radical (unpaired) electrons. The summed E-state index contributed by atoms with van der Waals surface area (Å²) in [6.45, 7) is 0.109. The number of carbonyl (C=O) groups is 3. The predicted octanol–water partition coefficient (Wildman–Crippen LogP) is -0.976. The van der Waals surface area contributed by atoms with Gasteiger partial charge in [0.1, 0.15) is 6.04 Å².